The van der Waals surface area contributed by atoms with Crippen LogP contribution in [0.25, 0.3) is 0 Å². The standard InChI is InChI=1S/C12H25NO4/c1-11(13)5-3-6-12(14)17-8-4-7-16-10-9-15-2/h11H,3-10,13H2,1-2H3. The lowest BCUT2D eigenvalue weighted by atomic mass is 10.1. The van der Waals surface area contributed by atoms with E-state index in [1.165, 1.54) is 0 Å². The van der Waals surface area contributed by atoms with Crippen LogP contribution < -0.4 is 5.73 Å². The molecule has 0 aromatic heterocycles. The maximum absolute atomic E-state index is 11.2. The molecule has 1 atom stereocenters. The molecule has 0 amide bonds. The van der Waals surface area contributed by atoms with E-state index in [0.717, 1.165) is 19.3 Å². The molecule has 17 heavy (non-hydrogen) atoms. The normalized spacial score (nSPS) is 12.4. The fourth-order valence-corrected chi connectivity index (χ4v) is 1.23. The van der Waals surface area contributed by atoms with Crippen molar-refractivity contribution in [3.05, 3.63) is 0 Å². The molecular weight excluding hydrogens is 222 g/mol. The van der Waals surface area contributed by atoms with Gasteiger partial charge in [-0.1, -0.05) is 0 Å². The van der Waals surface area contributed by atoms with Gasteiger partial charge in [-0.25, -0.2) is 0 Å². The van der Waals surface area contributed by atoms with Gasteiger partial charge in [0.25, 0.3) is 0 Å². The number of esters is 1. The van der Waals surface area contributed by atoms with Crippen LogP contribution in [0.5, 0.6) is 0 Å². The lowest BCUT2D eigenvalue weighted by Gasteiger charge is -2.06. The van der Waals surface area contributed by atoms with Gasteiger partial charge in [0.05, 0.1) is 19.8 Å². The zero-order chi connectivity index (χ0) is 12.9. The molecule has 0 aromatic carbocycles. The number of methoxy groups -OCH3 is 1. The molecule has 5 heteroatoms. The number of hydrogen-bond donors (Lipinski definition) is 1. The number of carbonyl (C=O) groups excluding carboxylic acids is 1. The Morgan fingerprint density at radius 2 is 1.94 bits per heavy atom. The van der Waals surface area contributed by atoms with Gasteiger partial charge in [-0.15, -0.1) is 0 Å². The lowest BCUT2D eigenvalue weighted by molar-refractivity contribution is -0.144. The predicted octanol–water partition coefficient (Wildman–Crippen LogP) is 1.10. The number of carbonyl (C=O) groups is 1. The highest BCUT2D eigenvalue weighted by Gasteiger charge is 2.03. The van der Waals surface area contributed by atoms with E-state index in [4.69, 9.17) is 19.9 Å². The predicted molar refractivity (Wildman–Crippen MR) is 65.8 cm³/mol. The van der Waals surface area contributed by atoms with Gasteiger partial charge >= 0.3 is 5.97 Å². The largest absolute Gasteiger partial charge is 0.466 e. The first-order chi connectivity index (χ1) is 8.16. The van der Waals surface area contributed by atoms with E-state index >= 15 is 0 Å². The molecule has 0 radical (unpaired) electrons. The Labute approximate surface area is 104 Å². The third-order valence-corrected chi connectivity index (χ3v) is 2.17. The molecule has 0 rings (SSSR count). The van der Waals surface area contributed by atoms with Gasteiger partial charge in [-0.2, -0.15) is 0 Å². The third kappa shape index (κ3) is 13.3. The molecule has 0 bridgehead atoms. The van der Waals surface area contributed by atoms with Crippen LogP contribution in [-0.2, 0) is 19.0 Å². The average molecular weight is 247 g/mol. The van der Waals surface area contributed by atoms with Crippen LogP contribution in [0.1, 0.15) is 32.6 Å². The molecule has 1 unspecified atom stereocenters. The van der Waals surface area contributed by atoms with Crippen molar-refractivity contribution in [3.8, 4) is 0 Å². The van der Waals surface area contributed by atoms with E-state index < -0.39 is 0 Å². The maximum Gasteiger partial charge on any atom is 0.305 e. The van der Waals surface area contributed by atoms with E-state index in [1.54, 1.807) is 7.11 Å². The monoisotopic (exact) mass is 247 g/mol. The van der Waals surface area contributed by atoms with Gasteiger partial charge in [0.15, 0.2) is 0 Å². The summed E-state index contributed by atoms with van der Waals surface area (Å²) in [5, 5.41) is 0. The van der Waals surface area contributed by atoms with Crippen LogP contribution >= 0.6 is 0 Å². The van der Waals surface area contributed by atoms with Crippen LogP contribution in [0.2, 0.25) is 0 Å². The highest BCUT2D eigenvalue weighted by atomic mass is 16.5. The van der Waals surface area contributed by atoms with Crippen LogP contribution in [0.4, 0.5) is 0 Å². The SMILES string of the molecule is COCCOCCCOC(=O)CCCC(C)N. The summed E-state index contributed by atoms with van der Waals surface area (Å²) in [7, 11) is 1.63. The summed E-state index contributed by atoms with van der Waals surface area (Å²) in [5.41, 5.74) is 5.58. The van der Waals surface area contributed by atoms with Gasteiger partial charge in [-0.3, -0.25) is 4.79 Å². The molecule has 0 heterocycles. The lowest BCUT2D eigenvalue weighted by Crippen LogP contribution is -2.15. The van der Waals surface area contributed by atoms with E-state index in [1.807, 2.05) is 6.92 Å². The number of nitrogens with two attached hydrogens (primary N) is 1. The van der Waals surface area contributed by atoms with Gasteiger partial charge < -0.3 is 19.9 Å². The molecular formula is C12H25NO4. The Morgan fingerprint density at radius 3 is 2.59 bits per heavy atom. The van der Waals surface area contributed by atoms with Crippen molar-refractivity contribution in [2.45, 2.75) is 38.6 Å². The molecule has 0 aliphatic rings. The van der Waals surface area contributed by atoms with Gasteiger partial charge in [0.2, 0.25) is 0 Å². The second-order valence-corrected chi connectivity index (χ2v) is 4.05. The van der Waals surface area contributed by atoms with Crippen molar-refractivity contribution in [2.75, 3.05) is 33.5 Å². The van der Waals surface area contributed by atoms with Gasteiger partial charge in [-0.05, 0) is 19.8 Å². The minimum absolute atomic E-state index is 0.150. The molecule has 0 saturated carbocycles. The summed E-state index contributed by atoms with van der Waals surface area (Å²) in [4.78, 5) is 11.2. The van der Waals surface area contributed by atoms with Crippen molar-refractivity contribution in [2.24, 2.45) is 5.73 Å². The van der Waals surface area contributed by atoms with Gasteiger partial charge in [0, 0.05) is 32.6 Å². The number of hydrogen-bond acceptors (Lipinski definition) is 5. The van der Waals surface area contributed by atoms with Crippen molar-refractivity contribution in [3.63, 3.8) is 0 Å². The average Bonchev–Trinajstić information content (AvgIpc) is 2.27. The first kappa shape index (κ1) is 16.4. The zero-order valence-electron chi connectivity index (χ0n) is 10.9. The minimum atomic E-state index is -0.150. The molecule has 0 aromatic rings. The van der Waals surface area contributed by atoms with E-state index in [2.05, 4.69) is 0 Å². The summed E-state index contributed by atoms with van der Waals surface area (Å²) < 4.78 is 15.1. The highest BCUT2D eigenvalue weighted by molar-refractivity contribution is 5.69. The van der Waals surface area contributed by atoms with E-state index in [-0.39, 0.29) is 12.0 Å². The Hall–Kier alpha value is -0.650. The Morgan fingerprint density at radius 1 is 1.18 bits per heavy atom. The summed E-state index contributed by atoms with van der Waals surface area (Å²) in [5.74, 6) is -0.150. The van der Waals surface area contributed by atoms with Crippen LogP contribution in [0, 0.1) is 0 Å². The summed E-state index contributed by atoms with van der Waals surface area (Å²) in [6, 6.07) is 0.150. The molecule has 5 nitrogen and oxygen atoms in total. The minimum Gasteiger partial charge on any atom is -0.466 e. The molecule has 0 saturated heterocycles. The number of ether oxygens (including phenoxy) is 3. The first-order valence-corrected chi connectivity index (χ1v) is 6.14. The molecule has 0 spiro atoms. The van der Waals surface area contributed by atoms with Crippen LogP contribution in [-0.4, -0.2) is 45.5 Å². The second kappa shape index (κ2) is 11.8. The fourth-order valence-electron chi connectivity index (χ4n) is 1.23. The van der Waals surface area contributed by atoms with Crippen molar-refractivity contribution in [1.29, 1.82) is 0 Å². The van der Waals surface area contributed by atoms with E-state index in [0.29, 0.717) is 32.8 Å². The third-order valence-electron chi connectivity index (χ3n) is 2.17. The van der Waals surface area contributed by atoms with Gasteiger partial charge in [0.1, 0.15) is 0 Å². The molecule has 0 fully saturated rings. The van der Waals surface area contributed by atoms with Crippen molar-refractivity contribution in [1.82, 2.24) is 0 Å². The summed E-state index contributed by atoms with van der Waals surface area (Å²) >= 11 is 0. The Bertz CT molecular complexity index is 185. The quantitative estimate of drug-likeness (QED) is 0.437. The molecule has 0 aliphatic heterocycles. The first-order valence-electron chi connectivity index (χ1n) is 6.14. The molecule has 0 aliphatic carbocycles. The zero-order valence-corrected chi connectivity index (χ0v) is 10.9. The summed E-state index contributed by atoms with van der Waals surface area (Å²) in [6.07, 6.45) is 2.82. The fraction of sp³-hybridized carbons (Fsp3) is 0.917. The van der Waals surface area contributed by atoms with Crippen LogP contribution in [0.3, 0.4) is 0 Å². The smallest absolute Gasteiger partial charge is 0.305 e. The maximum atomic E-state index is 11.2. The Balaban J connectivity index is 3.16. The molecule has 102 valence electrons. The highest BCUT2D eigenvalue weighted by Crippen LogP contribution is 2.00. The summed E-state index contributed by atoms with van der Waals surface area (Å²) in [6.45, 7) is 4.12. The topological polar surface area (TPSA) is 70.8 Å². The molecule has 2 N–H and O–H groups in total. The number of rotatable bonds is 11. The van der Waals surface area contributed by atoms with Crippen LogP contribution in [0.15, 0.2) is 0 Å². The second-order valence-electron chi connectivity index (χ2n) is 4.05. The van der Waals surface area contributed by atoms with E-state index in [9.17, 15) is 4.79 Å². The van der Waals surface area contributed by atoms with Crippen molar-refractivity contribution >= 4 is 5.97 Å². The Kier molecular flexibility index (Phi) is 11.4. The van der Waals surface area contributed by atoms with Crippen molar-refractivity contribution < 1.29 is 19.0 Å².